The summed E-state index contributed by atoms with van der Waals surface area (Å²) in [5.74, 6) is 0.654. The minimum Gasteiger partial charge on any atom is -0.496 e. The number of benzene rings is 1. The Morgan fingerprint density at radius 2 is 1.71 bits per heavy atom. The Hall–Kier alpha value is -2.10. The van der Waals surface area contributed by atoms with Crippen LogP contribution in [-0.2, 0) is 5.41 Å². The summed E-state index contributed by atoms with van der Waals surface area (Å²) >= 11 is 0. The van der Waals surface area contributed by atoms with Gasteiger partial charge in [0.1, 0.15) is 11.6 Å². The van der Waals surface area contributed by atoms with Crippen LogP contribution >= 0.6 is 0 Å². The molecule has 1 heterocycles. The molecule has 0 spiro atoms. The number of pyridine rings is 1. The van der Waals surface area contributed by atoms with Crippen molar-refractivity contribution in [3.63, 3.8) is 0 Å². The lowest BCUT2D eigenvalue weighted by atomic mass is 9.84. The molecule has 4 heteroatoms. The zero-order chi connectivity index (χ0) is 15.6. The van der Waals surface area contributed by atoms with Gasteiger partial charge in [-0.3, -0.25) is 0 Å². The van der Waals surface area contributed by atoms with E-state index in [4.69, 9.17) is 9.47 Å². The Morgan fingerprint density at radius 1 is 1.00 bits per heavy atom. The van der Waals surface area contributed by atoms with Crippen LogP contribution in [-0.4, -0.2) is 19.2 Å². The third kappa shape index (κ3) is 2.84. The van der Waals surface area contributed by atoms with Crippen LogP contribution in [0.15, 0.2) is 30.5 Å². The van der Waals surface area contributed by atoms with Gasteiger partial charge in [0.2, 0.25) is 5.88 Å². The lowest BCUT2D eigenvalue weighted by Gasteiger charge is -2.24. The van der Waals surface area contributed by atoms with Crippen molar-refractivity contribution < 1.29 is 13.9 Å². The molecule has 0 atom stereocenters. The van der Waals surface area contributed by atoms with Crippen molar-refractivity contribution in [1.82, 2.24) is 4.98 Å². The number of hydrogen-bond acceptors (Lipinski definition) is 3. The van der Waals surface area contributed by atoms with Crippen LogP contribution in [0.5, 0.6) is 11.6 Å². The molecule has 3 nitrogen and oxygen atoms in total. The smallest absolute Gasteiger partial charge is 0.221 e. The Kier molecular flexibility index (Phi) is 4.16. The summed E-state index contributed by atoms with van der Waals surface area (Å²) in [5, 5.41) is 0. The number of ether oxygens (including phenoxy) is 2. The fourth-order valence-corrected chi connectivity index (χ4v) is 2.39. The molecule has 0 unspecified atom stereocenters. The molecule has 112 valence electrons. The van der Waals surface area contributed by atoms with Crippen LogP contribution in [0.4, 0.5) is 4.39 Å². The van der Waals surface area contributed by atoms with Crippen molar-refractivity contribution in [3.8, 4) is 22.8 Å². The van der Waals surface area contributed by atoms with Gasteiger partial charge in [0, 0.05) is 22.9 Å². The van der Waals surface area contributed by atoms with Gasteiger partial charge in [-0.25, -0.2) is 9.37 Å². The van der Waals surface area contributed by atoms with Gasteiger partial charge in [-0.1, -0.05) is 20.8 Å². The quantitative estimate of drug-likeness (QED) is 0.848. The Bertz CT molecular complexity index is 648. The average Bonchev–Trinajstić information content (AvgIpc) is 2.45. The second kappa shape index (κ2) is 5.72. The summed E-state index contributed by atoms with van der Waals surface area (Å²) in [5.41, 5.74) is 1.27. The number of methoxy groups -OCH3 is 2. The van der Waals surface area contributed by atoms with Crippen molar-refractivity contribution in [2.24, 2.45) is 0 Å². The van der Waals surface area contributed by atoms with Crippen molar-refractivity contribution in [3.05, 3.63) is 41.8 Å². The molecule has 0 aliphatic rings. The Labute approximate surface area is 124 Å². The lowest BCUT2D eigenvalue weighted by Crippen LogP contribution is -2.16. The standard InChI is InChI=1S/C17H20FNO2/c1-17(2,3)14-13(20-4)9-8-11(15(14)18)12-7-6-10-19-16(12)21-5/h6-10H,1-5H3. The lowest BCUT2D eigenvalue weighted by molar-refractivity contribution is 0.387. The number of halogens is 1. The predicted octanol–water partition coefficient (Wildman–Crippen LogP) is 4.20. The minimum absolute atomic E-state index is 0.298. The first-order chi connectivity index (χ1) is 9.90. The van der Waals surface area contributed by atoms with E-state index in [1.54, 1.807) is 37.6 Å². The molecule has 2 rings (SSSR count). The summed E-state index contributed by atoms with van der Waals surface area (Å²) in [4.78, 5) is 4.13. The second-order valence-corrected chi connectivity index (χ2v) is 5.81. The summed E-state index contributed by atoms with van der Waals surface area (Å²) in [7, 11) is 3.08. The minimum atomic E-state index is -0.374. The van der Waals surface area contributed by atoms with Gasteiger partial charge in [-0.15, -0.1) is 0 Å². The predicted molar refractivity (Wildman–Crippen MR) is 81.4 cm³/mol. The second-order valence-electron chi connectivity index (χ2n) is 5.81. The molecule has 1 aromatic heterocycles. The third-order valence-electron chi connectivity index (χ3n) is 3.33. The van der Waals surface area contributed by atoms with Crippen LogP contribution in [0, 0.1) is 5.82 Å². The van der Waals surface area contributed by atoms with Crippen LogP contribution in [0.3, 0.4) is 0 Å². The van der Waals surface area contributed by atoms with E-state index in [1.165, 1.54) is 7.11 Å². The van der Waals surface area contributed by atoms with E-state index in [2.05, 4.69) is 4.98 Å². The molecule has 0 aliphatic carbocycles. The molecule has 0 aliphatic heterocycles. The molecule has 1 aromatic carbocycles. The monoisotopic (exact) mass is 289 g/mol. The van der Waals surface area contributed by atoms with E-state index < -0.39 is 0 Å². The van der Waals surface area contributed by atoms with E-state index >= 15 is 4.39 Å². The Morgan fingerprint density at radius 3 is 2.29 bits per heavy atom. The maximum absolute atomic E-state index is 15.1. The molecule has 21 heavy (non-hydrogen) atoms. The summed E-state index contributed by atoms with van der Waals surface area (Å²) in [6.45, 7) is 5.87. The fourth-order valence-electron chi connectivity index (χ4n) is 2.39. The highest BCUT2D eigenvalue weighted by Gasteiger charge is 2.26. The highest BCUT2D eigenvalue weighted by atomic mass is 19.1. The normalized spacial score (nSPS) is 11.3. The fraction of sp³-hybridized carbons (Fsp3) is 0.353. The van der Waals surface area contributed by atoms with Gasteiger partial charge in [-0.2, -0.15) is 0 Å². The molecule has 0 N–H and O–H groups in total. The van der Waals surface area contributed by atoms with Gasteiger partial charge in [0.05, 0.1) is 14.2 Å². The maximum Gasteiger partial charge on any atom is 0.221 e. The Balaban J connectivity index is 2.72. The van der Waals surface area contributed by atoms with Crippen molar-refractivity contribution in [2.75, 3.05) is 14.2 Å². The van der Waals surface area contributed by atoms with Gasteiger partial charge in [0.25, 0.3) is 0 Å². The van der Waals surface area contributed by atoms with E-state index in [9.17, 15) is 0 Å². The molecule has 0 saturated heterocycles. The van der Waals surface area contributed by atoms with Gasteiger partial charge >= 0.3 is 0 Å². The highest BCUT2D eigenvalue weighted by molar-refractivity contribution is 5.71. The zero-order valence-corrected chi connectivity index (χ0v) is 13.0. The zero-order valence-electron chi connectivity index (χ0n) is 13.0. The first-order valence-corrected chi connectivity index (χ1v) is 6.76. The van der Waals surface area contributed by atoms with E-state index in [0.29, 0.717) is 28.3 Å². The van der Waals surface area contributed by atoms with Crippen molar-refractivity contribution in [2.45, 2.75) is 26.2 Å². The number of aromatic nitrogens is 1. The van der Waals surface area contributed by atoms with Crippen LogP contribution in [0.25, 0.3) is 11.1 Å². The summed E-state index contributed by atoms with van der Waals surface area (Å²) in [6.07, 6.45) is 1.62. The molecule has 0 amide bonds. The topological polar surface area (TPSA) is 31.4 Å². The summed E-state index contributed by atoms with van der Waals surface area (Å²) < 4.78 is 25.6. The van der Waals surface area contributed by atoms with Gasteiger partial charge in [0.15, 0.2) is 0 Å². The van der Waals surface area contributed by atoms with Crippen molar-refractivity contribution >= 4 is 0 Å². The van der Waals surface area contributed by atoms with Crippen molar-refractivity contribution in [1.29, 1.82) is 0 Å². The average molecular weight is 289 g/mol. The number of hydrogen-bond donors (Lipinski definition) is 0. The van der Waals surface area contributed by atoms with E-state index in [1.807, 2.05) is 20.8 Å². The van der Waals surface area contributed by atoms with E-state index in [-0.39, 0.29) is 11.2 Å². The van der Waals surface area contributed by atoms with Gasteiger partial charge in [-0.05, 0) is 29.7 Å². The maximum atomic E-state index is 15.1. The van der Waals surface area contributed by atoms with Crippen LogP contribution in [0.2, 0.25) is 0 Å². The molecule has 0 bridgehead atoms. The molecule has 2 aromatic rings. The largest absolute Gasteiger partial charge is 0.496 e. The first-order valence-electron chi connectivity index (χ1n) is 6.76. The number of rotatable bonds is 3. The molecular weight excluding hydrogens is 269 g/mol. The first kappa shape index (κ1) is 15.3. The van der Waals surface area contributed by atoms with Gasteiger partial charge < -0.3 is 9.47 Å². The summed E-state index contributed by atoms with van der Waals surface area (Å²) in [6, 6.07) is 7.04. The van der Waals surface area contributed by atoms with Crippen LogP contribution < -0.4 is 9.47 Å². The highest BCUT2D eigenvalue weighted by Crippen LogP contribution is 2.39. The molecular formula is C17H20FNO2. The van der Waals surface area contributed by atoms with Crippen LogP contribution in [0.1, 0.15) is 26.3 Å². The molecule has 0 radical (unpaired) electrons. The SMILES string of the molecule is COc1ccc(-c2cccnc2OC)c(F)c1C(C)(C)C. The van der Waals surface area contributed by atoms with E-state index in [0.717, 1.165) is 0 Å². The number of nitrogens with zero attached hydrogens (tertiary/aromatic N) is 1. The molecule has 0 saturated carbocycles. The third-order valence-corrected chi connectivity index (χ3v) is 3.33. The molecule has 0 fully saturated rings.